The minimum Gasteiger partial charge on any atom is -0.504 e. The van der Waals surface area contributed by atoms with Gasteiger partial charge in [-0.1, -0.05) is 12.1 Å². The van der Waals surface area contributed by atoms with E-state index in [4.69, 9.17) is 9.84 Å². The lowest BCUT2D eigenvalue weighted by molar-refractivity contribution is -0.139. The normalized spacial score (nSPS) is 15.7. The van der Waals surface area contributed by atoms with Gasteiger partial charge >= 0.3 is 5.97 Å². The fourth-order valence-electron chi connectivity index (χ4n) is 2.44. The number of benzene rings is 1. The zero-order chi connectivity index (χ0) is 15.2. The summed E-state index contributed by atoms with van der Waals surface area (Å²) < 4.78 is 5.31. The van der Waals surface area contributed by atoms with E-state index in [1.807, 2.05) is 0 Å². The summed E-state index contributed by atoms with van der Waals surface area (Å²) in [6.07, 6.45) is 1.57. The van der Waals surface area contributed by atoms with Crippen molar-refractivity contribution in [2.24, 2.45) is 5.92 Å². The van der Waals surface area contributed by atoms with E-state index in [9.17, 15) is 14.7 Å². The molecule has 114 valence electrons. The van der Waals surface area contributed by atoms with Gasteiger partial charge in [0.1, 0.15) is 0 Å². The number of carboxylic acid groups (broad SMARTS) is 1. The Balaban J connectivity index is 1.77. The maximum atomic E-state index is 12.0. The number of carboxylic acids is 1. The van der Waals surface area contributed by atoms with Crippen molar-refractivity contribution in [2.75, 3.05) is 19.7 Å². The summed E-state index contributed by atoms with van der Waals surface area (Å²) in [4.78, 5) is 24.3. The number of phenols is 1. The standard InChI is InChI=1S/C15H19NO5/c17-12-3-1-2-4-13(12)21-10-14(18)16-7-5-11(6-8-16)9-15(19)20/h1-4,11,17H,5-10H2,(H,19,20). The first-order valence-corrected chi connectivity index (χ1v) is 6.96. The van der Waals surface area contributed by atoms with Crippen molar-refractivity contribution in [3.8, 4) is 11.5 Å². The maximum Gasteiger partial charge on any atom is 0.303 e. The van der Waals surface area contributed by atoms with Gasteiger partial charge in [-0.3, -0.25) is 9.59 Å². The van der Waals surface area contributed by atoms with Crippen LogP contribution in [0.25, 0.3) is 0 Å². The van der Waals surface area contributed by atoms with Gasteiger partial charge in [-0.15, -0.1) is 0 Å². The van der Waals surface area contributed by atoms with Gasteiger partial charge in [0.2, 0.25) is 0 Å². The molecule has 1 fully saturated rings. The lowest BCUT2D eigenvalue weighted by atomic mass is 9.94. The first-order chi connectivity index (χ1) is 10.1. The number of rotatable bonds is 5. The minimum atomic E-state index is -0.789. The van der Waals surface area contributed by atoms with Crippen LogP contribution in [0.1, 0.15) is 19.3 Å². The van der Waals surface area contributed by atoms with E-state index in [1.165, 1.54) is 6.07 Å². The zero-order valence-electron chi connectivity index (χ0n) is 11.7. The molecular formula is C15H19NO5. The minimum absolute atomic E-state index is 0.00506. The van der Waals surface area contributed by atoms with Gasteiger partial charge < -0.3 is 19.8 Å². The molecule has 2 N–H and O–H groups in total. The van der Waals surface area contributed by atoms with E-state index in [0.29, 0.717) is 25.9 Å². The van der Waals surface area contributed by atoms with Crippen molar-refractivity contribution in [1.82, 2.24) is 4.90 Å². The monoisotopic (exact) mass is 293 g/mol. The van der Waals surface area contributed by atoms with Gasteiger partial charge in [-0.25, -0.2) is 0 Å². The van der Waals surface area contributed by atoms with Crippen molar-refractivity contribution < 1.29 is 24.5 Å². The van der Waals surface area contributed by atoms with Crippen LogP contribution < -0.4 is 4.74 Å². The first kappa shape index (κ1) is 15.2. The molecule has 1 aromatic carbocycles. The van der Waals surface area contributed by atoms with Crippen LogP contribution in [0.4, 0.5) is 0 Å². The number of nitrogens with zero attached hydrogens (tertiary/aromatic N) is 1. The largest absolute Gasteiger partial charge is 0.504 e. The molecule has 2 rings (SSSR count). The van der Waals surface area contributed by atoms with Crippen LogP contribution >= 0.6 is 0 Å². The van der Waals surface area contributed by atoms with Crippen molar-refractivity contribution in [3.63, 3.8) is 0 Å². The van der Waals surface area contributed by atoms with Gasteiger partial charge in [0.05, 0.1) is 0 Å². The van der Waals surface area contributed by atoms with Gasteiger partial charge in [-0.05, 0) is 30.9 Å². The molecule has 1 aliphatic rings. The summed E-state index contributed by atoms with van der Waals surface area (Å²) in [6.45, 7) is 0.989. The molecule has 1 amide bonds. The Bertz CT molecular complexity index is 509. The number of hydrogen-bond acceptors (Lipinski definition) is 4. The van der Waals surface area contributed by atoms with Crippen molar-refractivity contribution in [2.45, 2.75) is 19.3 Å². The Morgan fingerprint density at radius 3 is 2.52 bits per heavy atom. The Hall–Kier alpha value is -2.24. The second kappa shape index (κ2) is 6.97. The summed E-state index contributed by atoms with van der Waals surface area (Å²) in [6, 6.07) is 6.49. The Labute approximate surface area is 122 Å². The number of carbonyl (C=O) groups excluding carboxylic acids is 1. The number of ether oxygens (including phenoxy) is 1. The predicted molar refractivity (Wildman–Crippen MR) is 75.2 cm³/mol. The highest BCUT2D eigenvalue weighted by atomic mass is 16.5. The van der Waals surface area contributed by atoms with Crippen LogP contribution in [-0.2, 0) is 9.59 Å². The average Bonchev–Trinajstić information content (AvgIpc) is 2.46. The van der Waals surface area contributed by atoms with Crippen LogP contribution in [0.2, 0.25) is 0 Å². The van der Waals surface area contributed by atoms with Gasteiger partial charge in [0.15, 0.2) is 18.1 Å². The molecule has 1 aliphatic heterocycles. The van der Waals surface area contributed by atoms with Gasteiger partial charge in [-0.2, -0.15) is 0 Å². The SMILES string of the molecule is O=C(O)CC1CCN(C(=O)COc2ccccc2O)CC1. The second-order valence-electron chi connectivity index (χ2n) is 5.18. The number of phenolic OH excluding ortho intramolecular Hbond substituents is 1. The van der Waals surface area contributed by atoms with Crippen LogP contribution in [0.3, 0.4) is 0 Å². The first-order valence-electron chi connectivity index (χ1n) is 6.96. The smallest absolute Gasteiger partial charge is 0.303 e. The van der Waals surface area contributed by atoms with E-state index in [0.717, 1.165) is 0 Å². The summed E-state index contributed by atoms with van der Waals surface area (Å²) in [5, 5.41) is 18.3. The third-order valence-corrected chi connectivity index (χ3v) is 3.65. The highest BCUT2D eigenvalue weighted by Gasteiger charge is 2.24. The molecule has 0 unspecified atom stereocenters. The predicted octanol–water partition coefficient (Wildman–Crippen LogP) is 1.48. The maximum absolute atomic E-state index is 12.0. The Morgan fingerprint density at radius 2 is 1.90 bits per heavy atom. The number of carbonyl (C=O) groups is 2. The molecule has 0 bridgehead atoms. The average molecular weight is 293 g/mol. The molecule has 21 heavy (non-hydrogen) atoms. The number of amides is 1. The van der Waals surface area contributed by atoms with E-state index < -0.39 is 5.97 Å². The Morgan fingerprint density at radius 1 is 1.24 bits per heavy atom. The van der Waals surface area contributed by atoms with Crippen LogP contribution in [0.15, 0.2) is 24.3 Å². The fourth-order valence-corrected chi connectivity index (χ4v) is 2.44. The lowest BCUT2D eigenvalue weighted by Crippen LogP contribution is -2.41. The zero-order valence-corrected chi connectivity index (χ0v) is 11.7. The quantitative estimate of drug-likeness (QED) is 0.858. The number of aliphatic carboxylic acids is 1. The molecule has 6 heteroatoms. The van der Waals surface area contributed by atoms with Gasteiger partial charge in [0.25, 0.3) is 5.91 Å². The second-order valence-corrected chi connectivity index (χ2v) is 5.18. The third kappa shape index (κ3) is 4.37. The third-order valence-electron chi connectivity index (χ3n) is 3.65. The van der Waals surface area contributed by atoms with Gasteiger partial charge in [0, 0.05) is 19.5 Å². The van der Waals surface area contributed by atoms with E-state index in [1.54, 1.807) is 23.1 Å². The molecule has 0 saturated carbocycles. The number of para-hydroxylation sites is 2. The molecule has 1 heterocycles. The summed E-state index contributed by atoms with van der Waals surface area (Å²) in [7, 11) is 0. The Kier molecular flexibility index (Phi) is 5.03. The highest BCUT2D eigenvalue weighted by Crippen LogP contribution is 2.25. The van der Waals surface area contributed by atoms with Crippen molar-refractivity contribution >= 4 is 11.9 Å². The number of likely N-dealkylation sites (tertiary alicyclic amines) is 1. The topological polar surface area (TPSA) is 87.1 Å². The molecule has 0 spiro atoms. The molecule has 6 nitrogen and oxygen atoms in total. The van der Waals surface area contributed by atoms with Crippen molar-refractivity contribution in [1.29, 1.82) is 0 Å². The molecule has 0 aliphatic carbocycles. The number of aromatic hydroxyl groups is 1. The van der Waals surface area contributed by atoms with E-state index >= 15 is 0 Å². The molecular weight excluding hydrogens is 274 g/mol. The van der Waals surface area contributed by atoms with Crippen molar-refractivity contribution in [3.05, 3.63) is 24.3 Å². The molecule has 1 aromatic rings. The molecule has 0 radical (unpaired) electrons. The highest BCUT2D eigenvalue weighted by molar-refractivity contribution is 5.78. The molecule has 0 atom stereocenters. The summed E-state index contributed by atoms with van der Waals surface area (Å²) in [5.74, 6) is -0.502. The van der Waals surface area contributed by atoms with E-state index in [2.05, 4.69) is 0 Å². The van der Waals surface area contributed by atoms with E-state index in [-0.39, 0.29) is 36.4 Å². The molecule has 0 aromatic heterocycles. The van der Waals surface area contributed by atoms with Crippen LogP contribution in [0.5, 0.6) is 11.5 Å². The number of hydrogen-bond donors (Lipinski definition) is 2. The summed E-state index contributed by atoms with van der Waals surface area (Å²) >= 11 is 0. The number of piperidine rings is 1. The summed E-state index contributed by atoms with van der Waals surface area (Å²) in [5.41, 5.74) is 0. The lowest BCUT2D eigenvalue weighted by Gasteiger charge is -2.31. The molecule has 1 saturated heterocycles. The van der Waals surface area contributed by atoms with Crippen LogP contribution in [0, 0.1) is 5.92 Å². The fraction of sp³-hybridized carbons (Fsp3) is 0.467. The van der Waals surface area contributed by atoms with Crippen LogP contribution in [-0.4, -0.2) is 46.7 Å².